The maximum Gasteiger partial charge on any atom is 0.407 e. The lowest BCUT2D eigenvalue weighted by molar-refractivity contribution is 0.124. The van der Waals surface area contributed by atoms with E-state index in [-0.39, 0.29) is 18.7 Å². The Bertz CT molecular complexity index is 402. The van der Waals surface area contributed by atoms with Crippen LogP contribution in [-0.4, -0.2) is 46.9 Å². The summed E-state index contributed by atoms with van der Waals surface area (Å²) < 4.78 is 0. The molecular formula is C14H20N2O3. The van der Waals surface area contributed by atoms with Crippen LogP contribution in [0.5, 0.6) is 0 Å². The van der Waals surface area contributed by atoms with Gasteiger partial charge in [0.2, 0.25) is 0 Å². The number of hydrogen-bond acceptors (Lipinski definition) is 3. The van der Waals surface area contributed by atoms with Crippen molar-refractivity contribution in [2.45, 2.75) is 24.9 Å². The highest BCUT2D eigenvalue weighted by atomic mass is 16.4. The summed E-state index contributed by atoms with van der Waals surface area (Å²) in [6.45, 7) is 1.16. The first-order chi connectivity index (χ1) is 9.20. The van der Waals surface area contributed by atoms with Crippen LogP contribution in [0.25, 0.3) is 0 Å². The topological polar surface area (TPSA) is 72.8 Å². The highest BCUT2D eigenvalue weighted by Crippen LogP contribution is 2.17. The second-order valence-corrected chi connectivity index (χ2v) is 4.86. The fourth-order valence-corrected chi connectivity index (χ4v) is 2.46. The van der Waals surface area contributed by atoms with E-state index in [9.17, 15) is 9.90 Å². The minimum absolute atomic E-state index is 0.0448. The van der Waals surface area contributed by atoms with Gasteiger partial charge in [-0.2, -0.15) is 0 Å². The van der Waals surface area contributed by atoms with Crippen LogP contribution in [0.2, 0.25) is 0 Å². The molecule has 0 aliphatic carbocycles. The van der Waals surface area contributed by atoms with Crippen molar-refractivity contribution in [1.29, 1.82) is 0 Å². The summed E-state index contributed by atoms with van der Waals surface area (Å²) in [5.74, 6) is 0. The van der Waals surface area contributed by atoms with Crippen molar-refractivity contribution in [2.75, 3.05) is 19.7 Å². The van der Waals surface area contributed by atoms with Crippen LogP contribution < -0.4 is 5.32 Å². The Labute approximate surface area is 112 Å². The molecule has 1 amide bonds. The lowest BCUT2D eigenvalue weighted by Gasteiger charge is -2.32. The van der Waals surface area contributed by atoms with Gasteiger partial charge in [-0.3, -0.25) is 0 Å². The van der Waals surface area contributed by atoms with E-state index < -0.39 is 6.09 Å². The highest BCUT2D eigenvalue weighted by Gasteiger charge is 2.24. The molecule has 1 aromatic rings. The molecule has 5 heteroatoms. The highest BCUT2D eigenvalue weighted by molar-refractivity contribution is 5.65. The average molecular weight is 264 g/mol. The van der Waals surface area contributed by atoms with E-state index >= 15 is 0 Å². The van der Waals surface area contributed by atoms with E-state index in [0.717, 1.165) is 18.4 Å². The minimum Gasteiger partial charge on any atom is -0.465 e. The Morgan fingerprint density at radius 3 is 2.47 bits per heavy atom. The zero-order chi connectivity index (χ0) is 13.7. The summed E-state index contributed by atoms with van der Waals surface area (Å²) in [6.07, 6.45) is 0.728. The number of piperidine rings is 1. The molecule has 0 unspecified atom stereocenters. The summed E-state index contributed by atoms with van der Waals surface area (Å²) >= 11 is 0. The molecule has 0 spiro atoms. The first-order valence-corrected chi connectivity index (χ1v) is 6.60. The molecule has 1 aromatic carbocycles. The maximum atomic E-state index is 10.8. The van der Waals surface area contributed by atoms with Crippen molar-refractivity contribution in [2.24, 2.45) is 0 Å². The minimum atomic E-state index is -0.847. The molecule has 1 heterocycles. The van der Waals surface area contributed by atoms with Crippen LogP contribution in [0.15, 0.2) is 30.3 Å². The number of aliphatic hydroxyl groups excluding tert-OH is 1. The molecule has 1 atom stereocenters. The van der Waals surface area contributed by atoms with Gasteiger partial charge in [0, 0.05) is 19.1 Å². The van der Waals surface area contributed by atoms with Gasteiger partial charge in [0.25, 0.3) is 0 Å². The molecule has 5 nitrogen and oxygen atoms in total. The van der Waals surface area contributed by atoms with Crippen LogP contribution in [0.3, 0.4) is 0 Å². The van der Waals surface area contributed by atoms with E-state index in [1.165, 1.54) is 4.90 Å². The summed E-state index contributed by atoms with van der Waals surface area (Å²) in [4.78, 5) is 12.3. The summed E-state index contributed by atoms with van der Waals surface area (Å²) in [7, 11) is 0. The van der Waals surface area contributed by atoms with E-state index in [0.29, 0.717) is 13.1 Å². The predicted molar refractivity (Wildman–Crippen MR) is 72.0 cm³/mol. The Balaban J connectivity index is 1.89. The second kappa shape index (κ2) is 6.54. The van der Waals surface area contributed by atoms with E-state index in [4.69, 9.17) is 5.11 Å². The second-order valence-electron chi connectivity index (χ2n) is 4.86. The first-order valence-electron chi connectivity index (χ1n) is 6.60. The fraction of sp³-hybridized carbons (Fsp3) is 0.500. The number of nitrogens with zero attached hydrogens (tertiary/aromatic N) is 1. The molecule has 0 bridgehead atoms. The van der Waals surface area contributed by atoms with Crippen LogP contribution in [0, 0.1) is 0 Å². The monoisotopic (exact) mass is 264 g/mol. The van der Waals surface area contributed by atoms with Gasteiger partial charge >= 0.3 is 6.09 Å². The van der Waals surface area contributed by atoms with Crippen LogP contribution >= 0.6 is 0 Å². The van der Waals surface area contributed by atoms with Gasteiger partial charge in [0.05, 0.1) is 12.6 Å². The number of likely N-dealkylation sites (tertiary alicyclic amines) is 1. The molecule has 1 saturated heterocycles. The van der Waals surface area contributed by atoms with Gasteiger partial charge in [0.1, 0.15) is 0 Å². The SMILES string of the molecule is O=C(O)N1CCC(N[C@@H](CO)c2ccccc2)CC1. The Morgan fingerprint density at radius 1 is 1.32 bits per heavy atom. The number of carboxylic acid groups (broad SMARTS) is 1. The van der Waals surface area contributed by atoms with Crippen molar-refractivity contribution < 1.29 is 15.0 Å². The summed E-state index contributed by atoms with van der Waals surface area (Å²) in [5.41, 5.74) is 1.06. The van der Waals surface area contributed by atoms with Gasteiger partial charge in [0.15, 0.2) is 0 Å². The van der Waals surface area contributed by atoms with Gasteiger partial charge in [-0.05, 0) is 18.4 Å². The average Bonchev–Trinajstić information content (AvgIpc) is 2.46. The van der Waals surface area contributed by atoms with Crippen molar-refractivity contribution in [1.82, 2.24) is 10.2 Å². The van der Waals surface area contributed by atoms with Gasteiger partial charge in [-0.15, -0.1) is 0 Å². The molecule has 1 aliphatic rings. The third kappa shape index (κ3) is 3.68. The predicted octanol–water partition coefficient (Wildman–Crippen LogP) is 1.45. The number of aliphatic hydroxyl groups is 1. The molecule has 0 saturated carbocycles. The van der Waals surface area contributed by atoms with Crippen molar-refractivity contribution in [3.8, 4) is 0 Å². The third-order valence-electron chi connectivity index (χ3n) is 3.59. The van der Waals surface area contributed by atoms with Crippen molar-refractivity contribution >= 4 is 6.09 Å². The van der Waals surface area contributed by atoms with Crippen LogP contribution in [0.1, 0.15) is 24.4 Å². The zero-order valence-corrected chi connectivity index (χ0v) is 10.8. The normalized spacial score (nSPS) is 18.3. The van der Waals surface area contributed by atoms with E-state index in [2.05, 4.69) is 5.32 Å². The number of benzene rings is 1. The molecule has 2 rings (SSSR count). The molecule has 1 aliphatic heterocycles. The zero-order valence-electron chi connectivity index (χ0n) is 10.8. The standard InChI is InChI=1S/C14H20N2O3/c17-10-13(11-4-2-1-3-5-11)15-12-6-8-16(9-7-12)14(18)19/h1-5,12-13,15,17H,6-10H2,(H,18,19)/t13-/m0/s1. The maximum absolute atomic E-state index is 10.8. The smallest absolute Gasteiger partial charge is 0.407 e. The first kappa shape index (κ1) is 13.8. The molecule has 19 heavy (non-hydrogen) atoms. The van der Waals surface area contributed by atoms with E-state index in [1.54, 1.807) is 0 Å². The van der Waals surface area contributed by atoms with Crippen molar-refractivity contribution in [3.63, 3.8) is 0 Å². The lowest BCUT2D eigenvalue weighted by atomic mass is 10.0. The van der Waals surface area contributed by atoms with Gasteiger partial charge < -0.3 is 20.4 Å². The van der Waals surface area contributed by atoms with Crippen molar-refractivity contribution in [3.05, 3.63) is 35.9 Å². The molecule has 104 valence electrons. The fourth-order valence-electron chi connectivity index (χ4n) is 2.46. The van der Waals surface area contributed by atoms with Gasteiger partial charge in [-0.25, -0.2) is 4.79 Å². The van der Waals surface area contributed by atoms with Gasteiger partial charge in [-0.1, -0.05) is 30.3 Å². The van der Waals surface area contributed by atoms with Crippen LogP contribution in [-0.2, 0) is 0 Å². The molecule has 0 aromatic heterocycles. The third-order valence-corrected chi connectivity index (χ3v) is 3.59. The Morgan fingerprint density at radius 2 is 1.95 bits per heavy atom. The molecular weight excluding hydrogens is 244 g/mol. The van der Waals surface area contributed by atoms with E-state index in [1.807, 2.05) is 30.3 Å². The Kier molecular flexibility index (Phi) is 4.76. The number of amides is 1. The molecule has 0 radical (unpaired) electrons. The van der Waals surface area contributed by atoms with Crippen LogP contribution in [0.4, 0.5) is 4.79 Å². The summed E-state index contributed by atoms with van der Waals surface area (Å²) in [6, 6.07) is 10.00. The summed E-state index contributed by atoms with van der Waals surface area (Å²) in [5, 5.41) is 21.8. The quantitative estimate of drug-likeness (QED) is 0.769. The number of hydrogen-bond donors (Lipinski definition) is 3. The number of rotatable bonds is 4. The Hall–Kier alpha value is -1.59. The molecule has 1 fully saturated rings. The number of carbonyl (C=O) groups is 1. The lowest BCUT2D eigenvalue weighted by Crippen LogP contribution is -2.45. The largest absolute Gasteiger partial charge is 0.465 e. The number of nitrogens with one attached hydrogen (secondary N) is 1. The molecule has 3 N–H and O–H groups in total.